The molecule has 0 bridgehead atoms. The van der Waals surface area contributed by atoms with E-state index in [2.05, 4.69) is 111 Å². The highest BCUT2D eigenvalue weighted by Gasteiger charge is 2.47. The van der Waals surface area contributed by atoms with E-state index in [1.54, 1.807) is 6.08 Å². The average Bonchev–Trinajstić information content (AvgIpc) is 0.943. The van der Waals surface area contributed by atoms with Crippen LogP contribution in [-0.2, 0) is 23.8 Å². The molecule has 1 aliphatic heterocycles. The fraction of sp³-hybridized carbons (Fsp3) is 0.775. The van der Waals surface area contributed by atoms with Crippen LogP contribution >= 0.6 is 0 Å². The molecule has 0 spiro atoms. The summed E-state index contributed by atoms with van der Waals surface area (Å²) in [7, 11) is 0. The number of nitrogens with one attached hydrogen (secondary N) is 1. The zero-order valence-electron chi connectivity index (χ0n) is 58.7. The van der Waals surface area contributed by atoms with Crippen LogP contribution in [0.3, 0.4) is 0 Å². The lowest BCUT2D eigenvalue weighted by molar-refractivity contribution is -0.305. The lowest BCUT2D eigenvalue weighted by atomic mass is 9.99. The van der Waals surface area contributed by atoms with Crippen LogP contribution in [0.1, 0.15) is 335 Å². The molecule has 0 aliphatic carbocycles. The van der Waals surface area contributed by atoms with Gasteiger partial charge >= 0.3 is 5.97 Å². The van der Waals surface area contributed by atoms with E-state index in [1.165, 1.54) is 193 Å². The molecule has 6 N–H and O–H groups in total. The van der Waals surface area contributed by atoms with Crippen LogP contribution in [0.2, 0.25) is 0 Å². The largest absolute Gasteiger partial charge is 0.454 e. The van der Waals surface area contributed by atoms with Crippen LogP contribution in [-0.4, -0.2) is 99.6 Å². The molecule has 0 aromatic heterocycles. The van der Waals surface area contributed by atoms with Crippen molar-refractivity contribution in [3.63, 3.8) is 0 Å². The summed E-state index contributed by atoms with van der Waals surface area (Å²) in [5.41, 5.74) is 0. The predicted molar refractivity (Wildman–Crippen MR) is 384 cm³/mol. The first kappa shape index (κ1) is 85.6. The summed E-state index contributed by atoms with van der Waals surface area (Å²) in [6.07, 6.45) is 80.2. The van der Waals surface area contributed by atoms with Crippen molar-refractivity contribution >= 4 is 11.9 Å². The van der Waals surface area contributed by atoms with Gasteiger partial charge in [0, 0.05) is 6.42 Å². The summed E-state index contributed by atoms with van der Waals surface area (Å²) in [6, 6.07) is -1.03. The number of amides is 1. The summed E-state index contributed by atoms with van der Waals surface area (Å²) >= 11 is 0. The van der Waals surface area contributed by atoms with Gasteiger partial charge in [0.15, 0.2) is 12.4 Å². The number of carbonyl (C=O) groups is 2. The molecule has 0 aromatic rings. The van der Waals surface area contributed by atoms with E-state index >= 15 is 0 Å². The average molecular weight is 1280 g/mol. The van der Waals surface area contributed by atoms with Gasteiger partial charge in [-0.15, -0.1) is 0 Å². The number of ether oxygens (including phenoxy) is 3. The highest BCUT2D eigenvalue weighted by atomic mass is 16.7. The van der Waals surface area contributed by atoms with E-state index in [0.717, 1.165) is 96.3 Å². The van der Waals surface area contributed by atoms with Crippen molar-refractivity contribution in [3.8, 4) is 0 Å². The minimum absolute atomic E-state index is 0.119. The van der Waals surface area contributed by atoms with E-state index in [0.29, 0.717) is 12.8 Å². The van der Waals surface area contributed by atoms with Crippen molar-refractivity contribution in [2.45, 2.75) is 384 Å². The molecule has 11 heteroatoms. The first-order valence-corrected chi connectivity index (χ1v) is 38.0. The summed E-state index contributed by atoms with van der Waals surface area (Å²) in [5, 5.41) is 57.3. The lowest BCUT2D eigenvalue weighted by Crippen LogP contribution is -2.61. The molecule has 91 heavy (non-hydrogen) atoms. The number of hydrogen-bond donors (Lipinski definition) is 6. The molecule has 11 nitrogen and oxygen atoms in total. The molecule has 1 saturated heterocycles. The smallest absolute Gasteiger partial charge is 0.306 e. The molecule has 1 heterocycles. The molecule has 1 aliphatic rings. The van der Waals surface area contributed by atoms with Gasteiger partial charge < -0.3 is 45.1 Å². The third kappa shape index (κ3) is 53.5. The van der Waals surface area contributed by atoms with Crippen molar-refractivity contribution in [1.82, 2.24) is 5.32 Å². The Balaban J connectivity index is 2.51. The molecule has 0 radical (unpaired) electrons. The van der Waals surface area contributed by atoms with E-state index in [1.807, 2.05) is 6.08 Å². The van der Waals surface area contributed by atoms with Crippen LogP contribution < -0.4 is 5.32 Å². The van der Waals surface area contributed by atoms with Gasteiger partial charge in [0.25, 0.3) is 0 Å². The second kappa shape index (κ2) is 66.6. The Labute approximate surface area is 558 Å². The third-order valence-corrected chi connectivity index (χ3v) is 17.5. The number of aliphatic hydroxyl groups is 5. The van der Waals surface area contributed by atoms with Crippen molar-refractivity contribution in [2.75, 3.05) is 13.2 Å². The van der Waals surface area contributed by atoms with E-state index in [4.69, 9.17) is 14.2 Å². The first-order valence-electron chi connectivity index (χ1n) is 38.0. The standard InChI is InChI=1S/C80H141NO10/c1-4-7-10-13-16-19-22-24-26-28-30-32-34-36-37-38-40-42-44-46-48-50-53-56-59-62-65-68-75(85)91-78-77(87)76(86)74(69-82)90-80(78)89-70-71(72(83)66-63-60-57-54-51-21-18-15-12-9-6-3)81-79(88)73(84)67-64-61-58-55-52-49-47-45-43-41-39-35-33-31-29-27-25-23-20-17-14-11-8-5-2/h16-17,19-20,24-27,30-33,39,41,63,66,71-74,76-78,80,82-84,86-87H,4-15,18,21-23,28-29,34-38,40,42-62,64-65,67-70H2,1-3H3,(H,81,88)/b19-16-,20-17-,26-24-,27-25-,32-30-,33-31-,41-39-,66-63+. The van der Waals surface area contributed by atoms with Gasteiger partial charge in [0.1, 0.15) is 24.4 Å². The van der Waals surface area contributed by atoms with Gasteiger partial charge in [0.2, 0.25) is 5.91 Å². The zero-order valence-corrected chi connectivity index (χ0v) is 58.7. The number of allylic oxidation sites excluding steroid dienone is 15. The number of unbranched alkanes of at least 4 members (excludes halogenated alkanes) is 37. The summed E-state index contributed by atoms with van der Waals surface area (Å²) in [6.45, 7) is 5.76. The highest BCUT2D eigenvalue weighted by Crippen LogP contribution is 2.26. The Kier molecular flexibility index (Phi) is 62.6. The normalized spacial score (nSPS) is 18.5. The van der Waals surface area contributed by atoms with Crippen molar-refractivity contribution < 1.29 is 49.3 Å². The Morgan fingerprint density at radius 1 is 0.429 bits per heavy atom. The van der Waals surface area contributed by atoms with Crippen molar-refractivity contribution in [3.05, 3.63) is 97.2 Å². The van der Waals surface area contributed by atoms with Crippen molar-refractivity contribution in [1.29, 1.82) is 0 Å². The first-order chi connectivity index (χ1) is 44.7. The van der Waals surface area contributed by atoms with E-state index < -0.39 is 67.4 Å². The molecule has 8 atom stereocenters. The number of hydrogen-bond acceptors (Lipinski definition) is 10. The van der Waals surface area contributed by atoms with Crippen LogP contribution in [0.5, 0.6) is 0 Å². The quantitative estimate of drug-likeness (QED) is 0.0195. The van der Waals surface area contributed by atoms with Gasteiger partial charge in [-0.25, -0.2) is 0 Å². The summed E-state index contributed by atoms with van der Waals surface area (Å²) in [4.78, 5) is 26.7. The molecule has 1 amide bonds. The zero-order chi connectivity index (χ0) is 66.0. The Hall–Kier alpha value is -3.42. The lowest BCUT2D eigenvalue weighted by Gasteiger charge is -2.41. The molecular formula is C80H141NO10. The van der Waals surface area contributed by atoms with Crippen LogP contribution in [0.4, 0.5) is 0 Å². The number of rotatable bonds is 65. The second-order valence-corrected chi connectivity index (χ2v) is 26.0. The molecular weight excluding hydrogens is 1130 g/mol. The topological polar surface area (TPSA) is 175 Å². The van der Waals surface area contributed by atoms with Gasteiger partial charge in [-0.3, -0.25) is 9.59 Å². The summed E-state index contributed by atoms with van der Waals surface area (Å²) in [5.74, 6) is -1.20. The highest BCUT2D eigenvalue weighted by molar-refractivity contribution is 5.80. The molecule has 1 fully saturated rings. The fourth-order valence-corrected chi connectivity index (χ4v) is 11.5. The third-order valence-electron chi connectivity index (χ3n) is 17.5. The maximum atomic E-state index is 13.5. The van der Waals surface area contributed by atoms with Gasteiger partial charge in [-0.05, 0) is 109 Å². The molecule has 8 unspecified atom stereocenters. The number of carbonyl (C=O) groups excluding carboxylic acids is 2. The van der Waals surface area contributed by atoms with Crippen LogP contribution in [0, 0.1) is 0 Å². The SMILES string of the molecule is CCCCC/C=C\C/C=C\C/C=C\C/C=C\CCCCCCCCCCC(O)C(=O)NC(COC1OC(CO)C(O)C(O)C1OC(=O)CCCCCCCCCCCCCCCC/C=C\C/C=C\C/C=C\CCCCC)C(O)/C=C/CCCCCCCCCCC. The maximum absolute atomic E-state index is 13.5. The summed E-state index contributed by atoms with van der Waals surface area (Å²) < 4.78 is 17.7. The molecule has 0 saturated carbocycles. The number of aliphatic hydroxyl groups excluding tert-OH is 5. The van der Waals surface area contributed by atoms with Crippen LogP contribution in [0.15, 0.2) is 97.2 Å². The molecule has 1 rings (SSSR count). The minimum Gasteiger partial charge on any atom is -0.454 e. The molecule has 0 aromatic carbocycles. The number of esters is 1. The fourth-order valence-electron chi connectivity index (χ4n) is 11.5. The maximum Gasteiger partial charge on any atom is 0.306 e. The molecule has 526 valence electrons. The van der Waals surface area contributed by atoms with Crippen LogP contribution in [0.25, 0.3) is 0 Å². The van der Waals surface area contributed by atoms with Gasteiger partial charge in [0.05, 0.1) is 25.4 Å². The Bertz CT molecular complexity index is 1860. The Morgan fingerprint density at radius 3 is 1.15 bits per heavy atom. The second-order valence-electron chi connectivity index (χ2n) is 26.0. The Morgan fingerprint density at radius 2 is 0.758 bits per heavy atom. The van der Waals surface area contributed by atoms with E-state index in [-0.39, 0.29) is 19.4 Å². The minimum atomic E-state index is -1.62. The van der Waals surface area contributed by atoms with Gasteiger partial charge in [-0.1, -0.05) is 317 Å². The van der Waals surface area contributed by atoms with E-state index in [9.17, 15) is 35.1 Å². The van der Waals surface area contributed by atoms with Gasteiger partial charge in [-0.2, -0.15) is 0 Å². The van der Waals surface area contributed by atoms with Crippen molar-refractivity contribution in [2.24, 2.45) is 0 Å². The monoisotopic (exact) mass is 1280 g/mol. The predicted octanol–water partition coefficient (Wildman–Crippen LogP) is 20.2.